The highest BCUT2D eigenvalue weighted by Crippen LogP contribution is 2.33. The summed E-state index contributed by atoms with van der Waals surface area (Å²) in [6.45, 7) is 6.15. The minimum Gasteiger partial charge on any atom is -0.486 e. The van der Waals surface area contributed by atoms with E-state index in [1.807, 2.05) is 24.3 Å². The highest BCUT2D eigenvalue weighted by molar-refractivity contribution is 5.63. The summed E-state index contributed by atoms with van der Waals surface area (Å²) in [4.78, 5) is 9.18. The Morgan fingerprint density at radius 1 is 1.05 bits per heavy atom. The third kappa shape index (κ3) is 2.91. The fourth-order valence-electron chi connectivity index (χ4n) is 2.26. The van der Waals surface area contributed by atoms with Crippen LogP contribution in [0.3, 0.4) is 0 Å². The van der Waals surface area contributed by atoms with E-state index in [-0.39, 0.29) is 0 Å². The summed E-state index contributed by atoms with van der Waals surface area (Å²) in [7, 11) is 0. The van der Waals surface area contributed by atoms with Crippen molar-refractivity contribution in [3.8, 4) is 22.9 Å². The molecule has 2 aromatic rings. The number of aryl methyl sites for hydroxylation is 1. The normalized spacial score (nSPS) is 13.0. The maximum Gasteiger partial charge on any atom is 0.162 e. The Morgan fingerprint density at radius 2 is 1.86 bits per heavy atom. The number of nitrogens with zero attached hydrogens (tertiary/aromatic N) is 2. The number of benzene rings is 1. The standard InChI is InChI=1S/C16H19N3O2/c1-3-12-10-15(17-4-2)19-16(18-12)11-5-6-13-14(9-11)21-8-7-20-13/h5-6,9-10H,3-4,7-8H2,1-2H3,(H,17,18,19). The summed E-state index contributed by atoms with van der Waals surface area (Å²) in [5.74, 6) is 3.11. The van der Waals surface area contributed by atoms with Crippen LogP contribution in [0.25, 0.3) is 11.4 Å². The van der Waals surface area contributed by atoms with E-state index in [1.165, 1.54) is 0 Å². The zero-order valence-corrected chi connectivity index (χ0v) is 12.3. The molecule has 1 aliphatic heterocycles. The van der Waals surface area contributed by atoms with Gasteiger partial charge in [-0.3, -0.25) is 0 Å². The Balaban J connectivity index is 2.00. The molecule has 0 aliphatic carbocycles. The van der Waals surface area contributed by atoms with Crippen molar-refractivity contribution < 1.29 is 9.47 Å². The van der Waals surface area contributed by atoms with Crippen LogP contribution in [0.4, 0.5) is 5.82 Å². The molecule has 1 aromatic heterocycles. The molecule has 0 spiro atoms. The molecule has 0 fully saturated rings. The molecule has 21 heavy (non-hydrogen) atoms. The molecule has 3 rings (SSSR count). The molecule has 0 amide bonds. The fraction of sp³-hybridized carbons (Fsp3) is 0.375. The lowest BCUT2D eigenvalue weighted by Gasteiger charge is -2.18. The fourth-order valence-corrected chi connectivity index (χ4v) is 2.26. The van der Waals surface area contributed by atoms with Gasteiger partial charge in [0.1, 0.15) is 19.0 Å². The predicted octanol–water partition coefficient (Wildman–Crippen LogP) is 2.91. The lowest BCUT2D eigenvalue weighted by molar-refractivity contribution is 0.171. The number of anilines is 1. The van der Waals surface area contributed by atoms with Crippen LogP contribution in [-0.4, -0.2) is 29.7 Å². The van der Waals surface area contributed by atoms with Crippen molar-refractivity contribution in [1.29, 1.82) is 0 Å². The summed E-state index contributed by atoms with van der Waals surface area (Å²) in [5.41, 5.74) is 1.96. The number of nitrogens with one attached hydrogen (secondary N) is 1. The number of ether oxygens (including phenoxy) is 2. The van der Waals surface area contributed by atoms with Gasteiger partial charge in [0.15, 0.2) is 17.3 Å². The molecular weight excluding hydrogens is 266 g/mol. The third-order valence-electron chi connectivity index (χ3n) is 3.30. The quantitative estimate of drug-likeness (QED) is 0.936. The molecule has 0 radical (unpaired) electrons. The minimum absolute atomic E-state index is 0.578. The Hall–Kier alpha value is -2.30. The summed E-state index contributed by atoms with van der Waals surface area (Å²) in [6.07, 6.45) is 0.873. The van der Waals surface area contributed by atoms with Gasteiger partial charge in [0.05, 0.1) is 0 Å². The van der Waals surface area contributed by atoms with Crippen molar-refractivity contribution in [2.24, 2.45) is 0 Å². The lowest BCUT2D eigenvalue weighted by Crippen LogP contribution is -2.15. The van der Waals surface area contributed by atoms with E-state index in [1.54, 1.807) is 0 Å². The van der Waals surface area contributed by atoms with E-state index in [4.69, 9.17) is 9.47 Å². The number of aromatic nitrogens is 2. The van der Waals surface area contributed by atoms with E-state index in [0.717, 1.165) is 41.5 Å². The van der Waals surface area contributed by atoms with Gasteiger partial charge in [-0.25, -0.2) is 9.97 Å². The van der Waals surface area contributed by atoms with Gasteiger partial charge in [-0.05, 0) is 31.5 Å². The number of rotatable bonds is 4. The minimum atomic E-state index is 0.578. The van der Waals surface area contributed by atoms with Crippen LogP contribution in [0, 0.1) is 0 Å². The molecule has 0 saturated carbocycles. The highest BCUT2D eigenvalue weighted by atomic mass is 16.6. The van der Waals surface area contributed by atoms with Gasteiger partial charge in [-0.1, -0.05) is 6.92 Å². The third-order valence-corrected chi connectivity index (χ3v) is 3.30. The molecule has 0 saturated heterocycles. The summed E-state index contributed by atoms with van der Waals surface area (Å²) in [6, 6.07) is 7.82. The zero-order valence-electron chi connectivity index (χ0n) is 12.3. The molecule has 5 heteroatoms. The predicted molar refractivity (Wildman–Crippen MR) is 82.0 cm³/mol. The van der Waals surface area contributed by atoms with Crippen LogP contribution in [0.2, 0.25) is 0 Å². The zero-order chi connectivity index (χ0) is 14.7. The molecule has 0 atom stereocenters. The van der Waals surface area contributed by atoms with Crippen LogP contribution in [-0.2, 0) is 6.42 Å². The second-order valence-electron chi connectivity index (χ2n) is 4.81. The average molecular weight is 285 g/mol. The number of hydrogen-bond acceptors (Lipinski definition) is 5. The van der Waals surface area contributed by atoms with Crippen LogP contribution in [0.5, 0.6) is 11.5 Å². The molecule has 2 heterocycles. The van der Waals surface area contributed by atoms with Gasteiger partial charge in [-0.2, -0.15) is 0 Å². The van der Waals surface area contributed by atoms with Crippen LogP contribution >= 0.6 is 0 Å². The maximum absolute atomic E-state index is 5.62. The van der Waals surface area contributed by atoms with Crippen molar-refractivity contribution in [3.63, 3.8) is 0 Å². The molecule has 110 valence electrons. The Morgan fingerprint density at radius 3 is 2.62 bits per heavy atom. The second kappa shape index (κ2) is 5.99. The van der Waals surface area contributed by atoms with Gasteiger partial charge in [-0.15, -0.1) is 0 Å². The van der Waals surface area contributed by atoms with Gasteiger partial charge in [0, 0.05) is 23.9 Å². The van der Waals surface area contributed by atoms with Gasteiger partial charge < -0.3 is 14.8 Å². The second-order valence-corrected chi connectivity index (χ2v) is 4.81. The molecule has 0 unspecified atom stereocenters. The van der Waals surface area contributed by atoms with Crippen molar-refractivity contribution in [2.75, 3.05) is 25.1 Å². The largest absolute Gasteiger partial charge is 0.486 e. The first-order valence-corrected chi connectivity index (χ1v) is 7.32. The highest BCUT2D eigenvalue weighted by Gasteiger charge is 2.14. The molecular formula is C16H19N3O2. The first-order chi connectivity index (χ1) is 10.3. The van der Waals surface area contributed by atoms with E-state index < -0.39 is 0 Å². The molecule has 1 aliphatic rings. The topological polar surface area (TPSA) is 56.3 Å². The molecule has 5 nitrogen and oxygen atoms in total. The average Bonchev–Trinajstić information content (AvgIpc) is 2.54. The van der Waals surface area contributed by atoms with Crippen molar-refractivity contribution in [3.05, 3.63) is 30.0 Å². The summed E-state index contributed by atoms with van der Waals surface area (Å²) in [5, 5.41) is 3.25. The van der Waals surface area contributed by atoms with E-state index in [0.29, 0.717) is 19.0 Å². The van der Waals surface area contributed by atoms with Crippen molar-refractivity contribution in [1.82, 2.24) is 9.97 Å². The first-order valence-electron chi connectivity index (χ1n) is 7.32. The van der Waals surface area contributed by atoms with Gasteiger partial charge in [0.2, 0.25) is 0 Å². The number of hydrogen-bond donors (Lipinski definition) is 1. The van der Waals surface area contributed by atoms with Crippen molar-refractivity contribution in [2.45, 2.75) is 20.3 Å². The van der Waals surface area contributed by atoms with Gasteiger partial charge in [0.25, 0.3) is 0 Å². The summed E-state index contributed by atoms with van der Waals surface area (Å²) < 4.78 is 11.2. The van der Waals surface area contributed by atoms with E-state index in [2.05, 4.69) is 29.1 Å². The SMILES string of the molecule is CCNc1cc(CC)nc(-c2ccc3c(c2)OCCO3)n1. The van der Waals surface area contributed by atoms with Crippen LogP contribution in [0.1, 0.15) is 19.5 Å². The van der Waals surface area contributed by atoms with Crippen molar-refractivity contribution >= 4 is 5.82 Å². The number of fused-ring (bicyclic) bond motifs is 1. The van der Waals surface area contributed by atoms with E-state index >= 15 is 0 Å². The molecule has 1 N–H and O–H groups in total. The van der Waals surface area contributed by atoms with Crippen LogP contribution < -0.4 is 14.8 Å². The molecule has 1 aromatic carbocycles. The van der Waals surface area contributed by atoms with Gasteiger partial charge >= 0.3 is 0 Å². The lowest BCUT2D eigenvalue weighted by atomic mass is 10.1. The maximum atomic E-state index is 5.62. The Bertz CT molecular complexity index is 643. The monoisotopic (exact) mass is 285 g/mol. The Kier molecular flexibility index (Phi) is 3.90. The molecule has 0 bridgehead atoms. The van der Waals surface area contributed by atoms with E-state index in [9.17, 15) is 0 Å². The summed E-state index contributed by atoms with van der Waals surface area (Å²) >= 11 is 0. The smallest absolute Gasteiger partial charge is 0.162 e. The van der Waals surface area contributed by atoms with Crippen LogP contribution in [0.15, 0.2) is 24.3 Å². The Labute approximate surface area is 124 Å². The first kappa shape index (κ1) is 13.7.